The molecule has 0 spiro atoms. The lowest BCUT2D eigenvalue weighted by Gasteiger charge is -2.23. The number of hydrogen-bond acceptors (Lipinski definition) is 4. The Hall–Kier alpha value is -2.05. The van der Waals surface area contributed by atoms with Gasteiger partial charge in [0.25, 0.3) is 0 Å². The second-order valence-corrected chi connectivity index (χ2v) is 7.12. The van der Waals surface area contributed by atoms with Crippen molar-refractivity contribution in [2.45, 2.75) is 18.6 Å². The Morgan fingerprint density at radius 1 is 1.29 bits per heavy atom. The van der Waals surface area contributed by atoms with E-state index in [0.29, 0.717) is 13.1 Å². The van der Waals surface area contributed by atoms with Crippen molar-refractivity contribution < 1.29 is 9.53 Å². The molecule has 5 nitrogen and oxygen atoms in total. The van der Waals surface area contributed by atoms with Gasteiger partial charge in [0.2, 0.25) is 0 Å². The number of rotatable bonds is 6. The first kappa shape index (κ1) is 16.8. The number of hydrogen-bond donors (Lipinski definition) is 2. The van der Waals surface area contributed by atoms with Gasteiger partial charge in [-0.25, -0.2) is 4.79 Å². The van der Waals surface area contributed by atoms with Gasteiger partial charge >= 0.3 is 6.03 Å². The number of urea groups is 1. The van der Waals surface area contributed by atoms with E-state index in [2.05, 4.69) is 33.0 Å². The van der Waals surface area contributed by atoms with Crippen LogP contribution in [0.15, 0.2) is 41.8 Å². The highest BCUT2D eigenvalue weighted by Gasteiger charge is 2.23. The summed E-state index contributed by atoms with van der Waals surface area (Å²) in [6.45, 7) is 1.08. The van der Waals surface area contributed by atoms with Crippen molar-refractivity contribution in [3.8, 4) is 5.75 Å². The molecular weight excluding hydrogens is 322 g/mol. The Morgan fingerprint density at radius 2 is 2.12 bits per heavy atom. The van der Waals surface area contributed by atoms with Crippen LogP contribution in [0.2, 0.25) is 0 Å². The second kappa shape index (κ2) is 7.68. The molecule has 1 aliphatic rings. The molecule has 0 bridgehead atoms. The van der Waals surface area contributed by atoms with E-state index in [4.69, 9.17) is 4.74 Å². The van der Waals surface area contributed by atoms with E-state index in [1.807, 2.05) is 38.4 Å². The summed E-state index contributed by atoms with van der Waals surface area (Å²) in [6.07, 6.45) is 0.849. The van der Waals surface area contributed by atoms with E-state index in [1.54, 1.807) is 11.3 Å². The van der Waals surface area contributed by atoms with E-state index >= 15 is 0 Å². The number of ether oxygens (including phenoxy) is 1. The lowest BCUT2D eigenvalue weighted by molar-refractivity contribution is 0.211. The Bertz CT molecular complexity index is 648. The topological polar surface area (TPSA) is 53.6 Å². The van der Waals surface area contributed by atoms with E-state index in [-0.39, 0.29) is 18.2 Å². The number of carbonyl (C=O) groups is 1. The minimum atomic E-state index is -0.155. The normalized spacial score (nSPS) is 17.2. The average Bonchev–Trinajstić information content (AvgIpc) is 3.22. The van der Waals surface area contributed by atoms with Crippen LogP contribution >= 0.6 is 11.3 Å². The molecule has 0 aliphatic carbocycles. The fourth-order valence-corrected chi connectivity index (χ4v) is 3.77. The van der Waals surface area contributed by atoms with Crippen molar-refractivity contribution >= 4 is 17.4 Å². The fraction of sp³-hybridized carbons (Fsp3) is 0.389. The molecule has 1 aromatic heterocycles. The third-order valence-electron chi connectivity index (χ3n) is 4.16. The number of fused-ring (bicyclic) bond motifs is 1. The van der Waals surface area contributed by atoms with Crippen LogP contribution in [0.4, 0.5) is 4.79 Å². The van der Waals surface area contributed by atoms with Gasteiger partial charge in [-0.1, -0.05) is 24.3 Å². The molecule has 1 aromatic carbocycles. The largest absolute Gasteiger partial charge is 0.488 e. The molecule has 24 heavy (non-hydrogen) atoms. The molecule has 0 fully saturated rings. The van der Waals surface area contributed by atoms with Crippen molar-refractivity contribution in [1.82, 2.24) is 15.5 Å². The van der Waals surface area contributed by atoms with Gasteiger partial charge in [0.1, 0.15) is 11.9 Å². The second-order valence-electron chi connectivity index (χ2n) is 6.14. The quantitative estimate of drug-likeness (QED) is 0.846. The number of nitrogens with zero attached hydrogens (tertiary/aromatic N) is 1. The van der Waals surface area contributed by atoms with Crippen LogP contribution in [-0.2, 0) is 6.42 Å². The minimum Gasteiger partial charge on any atom is -0.488 e. The smallest absolute Gasteiger partial charge is 0.314 e. The molecule has 3 rings (SSSR count). The summed E-state index contributed by atoms with van der Waals surface area (Å²) in [5.41, 5.74) is 1.20. The summed E-state index contributed by atoms with van der Waals surface area (Å²) in [6, 6.07) is 12.2. The van der Waals surface area contributed by atoms with E-state index in [0.717, 1.165) is 12.2 Å². The van der Waals surface area contributed by atoms with Crippen LogP contribution in [0.3, 0.4) is 0 Å². The van der Waals surface area contributed by atoms with Gasteiger partial charge in [0.05, 0.1) is 12.6 Å². The maximum atomic E-state index is 12.1. The summed E-state index contributed by atoms with van der Waals surface area (Å²) in [4.78, 5) is 15.4. The first-order chi connectivity index (χ1) is 11.6. The summed E-state index contributed by atoms with van der Waals surface area (Å²) in [7, 11) is 4.04. The van der Waals surface area contributed by atoms with Crippen molar-refractivity contribution in [3.63, 3.8) is 0 Å². The predicted molar refractivity (Wildman–Crippen MR) is 96.7 cm³/mol. The lowest BCUT2D eigenvalue weighted by atomic mass is 10.1. The zero-order chi connectivity index (χ0) is 16.9. The third-order valence-corrected chi connectivity index (χ3v) is 5.13. The monoisotopic (exact) mass is 345 g/mol. The Morgan fingerprint density at radius 3 is 2.83 bits per heavy atom. The highest BCUT2D eigenvalue weighted by molar-refractivity contribution is 7.10. The zero-order valence-electron chi connectivity index (χ0n) is 14.0. The summed E-state index contributed by atoms with van der Waals surface area (Å²) in [5.74, 6) is 0.926. The van der Waals surface area contributed by atoms with Gasteiger partial charge in [0, 0.05) is 17.8 Å². The molecule has 2 aromatic rings. The SMILES string of the molecule is CN(C)[C@H](CNC(=O)NC[C@H]1Cc2ccccc2O1)c1cccs1. The number of amides is 2. The molecule has 0 unspecified atom stereocenters. The Labute approximate surface area is 146 Å². The van der Waals surface area contributed by atoms with Crippen molar-refractivity contribution in [3.05, 3.63) is 52.2 Å². The lowest BCUT2D eigenvalue weighted by Crippen LogP contribution is -2.43. The molecule has 2 atom stereocenters. The van der Waals surface area contributed by atoms with Crippen LogP contribution in [0.1, 0.15) is 16.5 Å². The van der Waals surface area contributed by atoms with Crippen molar-refractivity contribution in [2.24, 2.45) is 0 Å². The number of benzene rings is 1. The molecule has 2 heterocycles. The summed E-state index contributed by atoms with van der Waals surface area (Å²) < 4.78 is 5.83. The first-order valence-electron chi connectivity index (χ1n) is 8.09. The maximum absolute atomic E-state index is 12.1. The van der Waals surface area contributed by atoms with Crippen LogP contribution in [0.5, 0.6) is 5.75 Å². The van der Waals surface area contributed by atoms with E-state index in [9.17, 15) is 4.79 Å². The average molecular weight is 345 g/mol. The number of carbonyl (C=O) groups excluding carboxylic acids is 1. The van der Waals surface area contributed by atoms with Crippen LogP contribution < -0.4 is 15.4 Å². The molecule has 2 N–H and O–H groups in total. The van der Waals surface area contributed by atoms with Crippen molar-refractivity contribution in [1.29, 1.82) is 0 Å². The van der Waals surface area contributed by atoms with E-state index < -0.39 is 0 Å². The fourth-order valence-electron chi connectivity index (χ4n) is 2.84. The Balaban J connectivity index is 1.43. The van der Waals surface area contributed by atoms with Crippen LogP contribution in [0, 0.1) is 0 Å². The van der Waals surface area contributed by atoms with Crippen molar-refractivity contribution in [2.75, 3.05) is 27.2 Å². The van der Waals surface area contributed by atoms with Gasteiger partial charge in [-0.3, -0.25) is 0 Å². The van der Waals surface area contributed by atoms with Crippen LogP contribution in [-0.4, -0.2) is 44.2 Å². The van der Waals surface area contributed by atoms with Gasteiger partial charge in [-0.05, 0) is 37.2 Å². The predicted octanol–water partition coefficient (Wildman–Crippen LogP) is 2.65. The molecule has 6 heteroatoms. The number of thiophene rings is 1. The number of nitrogens with one attached hydrogen (secondary N) is 2. The van der Waals surface area contributed by atoms with Gasteiger partial charge < -0.3 is 20.3 Å². The molecule has 0 radical (unpaired) electrons. The first-order valence-corrected chi connectivity index (χ1v) is 8.97. The summed E-state index contributed by atoms with van der Waals surface area (Å²) >= 11 is 1.70. The van der Waals surface area contributed by atoms with Gasteiger partial charge in [0.15, 0.2) is 0 Å². The summed E-state index contributed by atoms with van der Waals surface area (Å²) in [5, 5.41) is 7.92. The highest BCUT2D eigenvalue weighted by Crippen LogP contribution is 2.27. The molecule has 1 aliphatic heterocycles. The van der Waals surface area contributed by atoms with Gasteiger partial charge in [-0.15, -0.1) is 11.3 Å². The molecule has 128 valence electrons. The number of para-hydroxylation sites is 1. The van der Waals surface area contributed by atoms with E-state index in [1.165, 1.54) is 10.4 Å². The third kappa shape index (κ3) is 4.07. The molecular formula is C18H23N3O2S. The molecule has 0 saturated carbocycles. The number of likely N-dealkylation sites (N-methyl/N-ethyl adjacent to an activating group) is 1. The minimum absolute atomic E-state index is 0.00934. The standard InChI is InChI=1S/C18H23N3O2S/c1-21(2)15(17-8-5-9-24-17)12-20-18(22)19-11-14-10-13-6-3-4-7-16(13)23-14/h3-9,14-15H,10-12H2,1-2H3,(H2,19,20,22)/t14-,15-/m1/s1. The molecule has 0 saturated heterocycles. The maximum Gasteiger partial charge on any atom is 0.314 e. The van der Waals surface area contributed by atoms with Gasteiger partial charge in [-0.2, -0.15) is 0 Å². The van der Waals surface area contributed by atoms with Crippen LogP contribution in [0.25, 0.3) is 0 Å². The zero-order valence-corrected chi connectivity index (χ0v) is 14.8. The Kier molecular flexibility index (Phi) is 5.37. The highest BCUT2D eigenvalue weighted by atomic mass is 32.1. The molecule has 2 amide bonds.